The molecule has 0 aliphatic carbocycles. The van der Waals surface area contributed by atoms with Gasteiger partial charge in [0.1, 0.15) is 6.04 Å². The topological polar surface area (TPSA) is 142 Å². The maximum Gasteiger partial charge on any atom is 0.329 e. The van der Waals surface area contributed by atoms with Crippen LogP contribution in [0.3, 0.4) is 0 Å². The highest BCUT2D eigenvalue weighted by atomic mass is 32.2. The van der Waals surface area contributed by atoms with Crippen LogP contribution >= 0.6 is 0 Å². The highest BCUT2D eigenvalue weighted by Gasteiger charge is 2.30. The quantitative estimate of drug-likeness (QED) is 0.464. The van der Waals surface area contributed by atoms with Gasteiger partial charge in [0.15, 0.2) is 6.61 Å². The SMILES string of the molecule is CCN(CC)S(=O)(=O)c1cccc(C(=O)N[C@H](C(=O)OCC(=O)N2CCNC2=O)C(C)C)c1. The molecule has 0 unspecified atom stereocenters. The second-order valence-electron chi connectivity index (χ2n) is 7.70. The average molecular weight is 483 g/mol. The number of benzene rings is 1. The van der Waals surface area contributed by atoms with Gasteiger partial charge >= 0.3 is 12.0 Å². The molecule has 182 valence electrons. The molecular weight excluding hydrogens is 452 g/mol. The largest absolute Gasteiger partial charge is 0.454 e. The molecule has 1 aromatic carbocycles. The summed E-state index contributed by atoms with van der Waals surface area (Å²) in [4.78, 5) is 49.8. The third-order valence-electron chi connectivity index (χ3n) is 5.14. The number of hydrogen-bond donors (Lipinski definition) is 2. The Hall–Kier alpha value is -2.99. The molecular formula is C21H30N4O7S. The average Bonchev–Trinajstić information content (AvgIpc) is 3.21. The summed E-state index contributed by atoms with van der Waals surface area (Å²) in [6, 6.07) is 3.91. The fourth-order valence-electron chi connectivity index (χ4n) is 3.24. The van der Waals surface area contributed by atoms with Crippen molar-refractivity contribution in [1.29, 1.82) is 0 Å². The highest BCUT2D eigenvalue weighted by Crippen LogP contribution is 2.17. The summed E-state index contributed by atoms with van der Waals surface area (Å²) in [6.45, 7) is 7.26. The third-order valence-corrected chi connectivity index (χ3v) is 7.19. The molecule has 1 aromatic rings. The molecule has 2 N–H and O–H groups in total. The first-order chi connectivity index (χ1) is 15.5. The highest BCUT2D eigenvalue weighted by molar-refractivity contribution is 7.89. The number of amides is 4. The second kappa shape index (κ2) is 11.2. The molecule has 1 saturated heterocycles. The number of ether oxygens (including phenoxy) is 1. The first-order valence-electron chi connectivity index (χ1n) is 10.7. The zero-order valence-corrected chi connectivity index (χ0v) is 20.0. The van der Waals surface area contributed by atoms with E-state index < -0.39 is 46.5 Å². The van der Waals surface area contributed by atoms with Gasteiger partial charge in [-0.2, -0.15) is 4.31 Å². The number of urea groups is 1. The van der Waals surface area contributed by atoms with E-state index in [1.807, 2.05) is 0 Å². The molecule has 1 aliphatic heterocycles. The van der Waals surface area contributed by atoms with E-state index in [0.717, 1.165) is 4.90 Å². The first-order valence-corrected chi connectivity index (χ1v) is 12.1. The normalized spacial score (nSPS) is 14.8. The Bertz CT molecular complexity index is 1010. The van der Waals surface area contributed by atoms with Gasteiger partial charge in [0.05, 0.1) is 4.90 Å². The Morgan fingerprint density at radius 1 is 1.21 bits per heavy atom. The number of nitrogens with one attached hydrogen (secondary N) is 2. The van der Waals surface area contributed by atoms with Crippen molar-refractivity contribution in [3.05, 3.63) is 29.8 Å². The number of esters is 1. The van der Waals surface area contributed by atoms with Crippen LogP contribution in [0.4, 0.5) is 4.79 Å². The Morgan fingerprint density at radius 2 is 1.88 bits per heavy atom. The van der Waals surface area contributed by atoms with Crippen molar-refractivity contribution >= 4 is 33.8 Å². The Kier molecular flexibility index (Phi) is 8.94. The lowest BCUT2D eigenvalue weighted by Crippen LogP contribution is -2.46. The standard InChI is InChI=1S/C21H30N4O7S/c1-5-24(6-2)33(30,31)16-9-7-8-15(12-16)19(27)23-18(14(3)4)20(28)32-13-17(26)25-11-10-22-21(25)29/h7-9,12,14,18H,5-6,10-11,13H2,1-4H3,(H,22,29)(H,23,27)/t18-/m0/s1. The van der Waals surface area contributed by atoms with Crippen molar-refractivity contribution in [3.63, 3.8) is 0 Å². The van der Waals surface area contributed by atoms with Crippen molar-refractivity contribution < 1.29 is 32.3 Å². The van der Waals surface area contributed by atoms with E-state index in [2.05, 4.69) is 10.6 Å². The van der Waals surface area contributed by atoms with Gasteiger partial charge in [-0.05, 0) is 24.1 Å². The second-order valence-corrected chi connectivity index (χ2v) is 9.64. The number of sulfonamides is 1. The maximum atomic E-state index is 12.8. The molecule has 1 fully saturated rings. The first kappa shape index (κ1) is 26.3. The predicted octanol–water partition coefficient (Wildman–Crippen LogP) is 0.567. The zero-order valence-electron chi connectivity index (χ0n) is 19.2. The van der Waals surface area contributed by atoms with Crippen LogP contribution in [0.15, 0.2) is 29.2 Å². The zero-order chi connectivity index (χ0) is 24.8. The lowest BCUT2D eigenvalue weighted by molar-refractivity contribution is -0.153. The summed E-state index contributed by atoms with van der Waals surface area (Å²) in [7, 11) is -3.76. The lowest BCUT2D eigenvalue weighted by Gasteiger charge is -2.22. The van der Waals surface area contributed by atoms with Crippen LogP contribution in [0, 0.1) is 5.92 Å². The van der Waals surface area contributed by atoms with Crippen molar-refractivity contribution in [2.75, 3.05) is 32.8 Å². The maximum absolute atomic E-state index is 12.8. The minimum Gasteiger partial charge on any atom is -0.454 e. The van der Waals surface area contributed by atoms with Crippen LogP contribution < -0.4 is 10.6 Å². The number of hydrogen-bond acceptors (Lipinski definition) is 7. The van der Waals surface area contributed by atoms with Gasteiger partial charge in [-0.25, -0.2) is 18.0 Å². The van der Waals surface area contributed by atoms with E-state index in [1.165, 1.54) is 28.6 Å². The number of imide groups is 1. The van der Waals surface area contributed by atoms with Gasteiger partial charge in [-0.15, -0.1) is 0 Å². The molecule has 12 heteroatoms. The monoisotopic (exact) mass is 482 g/mol. The van der Waals surface area contributed by atoms with Gasteiger partial charge in [-0.3, -0.25) is 14.5 Å². The minimum atomic E-state index is -3.76. The Morgan fingerprint density at radius 3 is 2.42 bits per heavy atom. The summed E-state index contributed by atoms with van der Waals surface area (Å²) >= 11 is 0. The third kappa shape index (κ3) is 6.29. The number of carbonyl (C=O) groups excluding carboxylic acids is 4. The van der Waals surface area contributed by atoms with Gasteiger partial charge in [-0.1, -0.05) is 33.8 Å². The van der Waals surface area contributed by atoms with Crippen LogP contribution in [0.1, 0.15) is 38.1 Å². The minimum absolute atomic E-state index is 0.0305. The Balaban J connectivity index is 2.10. The molecule has 0 spiro atoms. The molecule has 1 heterocycles. The van der Waals surface area contributed by atoms with E-state index in [4.69, 9.17) is 4.74 Å². The summed E-state index contributed by atoms with van der Waals surface area (Å²) < 4.78 is 31.8. The van der Waals surface area contributed by atoms with Gasteiger partial charge in [0.2, 0.25) is 10.0 Å². The molecule has 2 rings (SSSR count). The van der Waals surface area contributed by atoms with Crippen molar-refractivity contribution in [3.8, 4) is 0 Å². The molecule has 1 aliphatic rings. The van der Waals surface area contributed by atoms with Gasteiger partial charge < -0.3 is 15.4 Å². The molecule has 0 bridgehead atoms. The van der Waals surface area contributed by atoms with Gasteiger partial charge in [0, 0.05) is 31.7 Å². The van der Waals surface area contributed by atoms with Crippen molar-refractivity contribution in [2.24, 2.45) is 5.92 Å². The lowest BCUT2D eigenvalue weighted by atomic mass is 10.0. The van der Waals surface area contributed by atoms with E-state index in [9.17, 15) is 27.6 Å². The predicted molar refractivity (Wildman–Crippen MR) is 119 cm³/mol. The fourth-order valence-corrected chi connectivity index (χ4v) is 4.75. The molecule has 0 radical (unpaired) electrons. The van der Waals surface area contributed by atoms with Crippen LogP contribution in [-0.2, 0) is 24.3 Å². The van der Waals surface area contributed by atoms with Crippen LogP contribution in [0.5, 0.6) is 0 Å². The molecule has 1 atom stereocenters. The molecule has 11 nitrogen and oxygen atoms in total. The van der Waals surface area contributed by atoms with Crippen LogP contribution in [0.25, 0.3) is 0 Å². The molecule has 0 aromatic heterocycles. The Labute approximate surface area is 193 Å². The number of nitrogens with zero attached hydrogens (tertiary/aromatic N) is 2. The summed E-state index contributed by atoms with van der Waals surface area (Å²) in [5, 5.41) is 5.02. The van der Waals surface area contributed by atoms with E-state index in [1.54, 1.807) is 27.7 Å². The smallest absolute Gasteiger partial charge is 0.329 e. The van der Waals surface area contributed by atoms with E-state index >= 15 is 0 Å². The van der Waals surface area contributed by atoms with E-state index in [-0.39, 0.29) is 36.0 Å². The van der Waals surface area contributed by atoms with Crippen LogP contribution in [-0.4, -0.2) is 80.3 Å². The molecule has 33 heavy (non-hydrogen) atoms. The summed E-state index contributed by atoms with van der Waals surface area (Å²) in [6.07, 6.45) is 0. The summed E-state index contributed by atoms with van der Waals surface area (Å²) in [5.41, 5.74) is 0.0616. The molecule has 0 saturated carbocycles. The van der Waals surface area contributed by atoms with E-state index in [0.29, 0.717) is 6.54 Å². The van der Waals surface area contributed by atoms with Crippen LogP contribution in [0.2, 0.25) is 0 Å². The van der Waals surface area contributed by atoms with Crippen molar-refractivity contribution in [1.82, 2.24) is 19.8 Å². The van der Waals surface area contributed by atoms with Crippen molar-refractivity contribution in [2.45, 2.75) is 38.6 Å². The summed E-state index contributed by atoms with van der Waals surface area (Å²) in [5.74, 6) is -2.54. The number of rotatable bonds is 10. The van der Waals surface area contributed by atoms with Gasteiger partial charge in [0.25, 0.3) is 11.8 Å². The fraction of sp³-hybridized carbons (Fsp3) is 0.524. The molecule has 4 amide bonds. The number of carbonyl (C=O) groups is 4.